The summed E-state index contributed by atoms with van der Waals surface area (Å²) in [5, 5.41) is 18.4. The normalized spacial score (nSPS) is 12.6. The van der Waals surface area contributed by atoms with Gasteiger partial charge in [-0.25, -0.2) is 4.79 Å². The van der Waals surface area contributed by atoms with Crippen molar-refractivity contribution in [1.82, 2.24) is 0 Å². The lowest BCUT2D eigenvalue weighted by Crippen LogP contribution is -2.10. The summed E-state index contributed by atoms with van der Waals surface area (Å²) in [6.07, 6.45) is 3.28. The molecule has 1 aromatic heterocycles. The maximum atomic E-state index is 11.3. The topological polar surface area (TPSA) is 64.3 Å². The molecule has 1 heterocycles. The molecule has 6 aromatic rings. The van der Waals surface area contributed by atoms with Crippen molar-refractivity contribution < 1.29 is 9.90 Å². The largest absolute Gasteiger partial charge is 0.477 e. The van der Waals surface area contributed by atoms with Gasteiger partial charge in [-0.05, 0) is 118 Å². The fourth-order valence-corrected chi connectivity index (χ4v) is 7.59. The molecular formula is C40H26N2O2S. The van der Waals surface area contributed by atoms with E-state index in [4.69, 9.17) is 5.26 Å². The molecule has 45 heavy (non-hydrogen) atoms. The van der Waals surface area contributed by atoms with Crippen LogP contribution in [0.3, 0.4) is 0 Å². The van der Waals surface area contributed by atoms with Crippen molar-refractivity contribution >= 4 is 40.4 Å². The van der Waals surface area contributed by atoms with E-state index in [1.54, 1.807) is 6.07 Å². The Morgan fingerprint density at radius 3 is 1.76 bits per heavy atom. The van der Waals surface area contributed by atoms with Crippen molar-refractivity contribution in [3.8, 4) is 38.8 Å². The van der Waals surface area contributed by atoms with Gasteiger partial charge in [0.2, 0.25) is 0 Å². The number of nitriles is 1. The molecule has 1 N–H and O–H groups in total. The fraction of sp³-hybridized carbons (Fsp3) is 0.0500. The van der Waals surface area contributed by atoms with Crippen LogP contribution in [0, 0.1) is 11.3 Å². The Hall–Kier alpha value is -5.70. The van der Waals surface area contributed by atoms with Gasteiger partial charge in [0.25, 0.3) is 0 Å². The van der Waals surface area contributed by atoms with Gasteiger partial charge in [0.15, 0.2) is 0 Å². The van der Waals surface area contributed by atoms with Crippen LogP contribution in [0.15, 0.2) is 127 Å². The second-order valence-corrected chi connectivity index (χ2v) is 12.5. The molecule has 0 saturated heterocycles. The highest BCUT2D eigenvalue weighted by Gasteiger charge is 2.23. The third-order valence-corrected chi connectivity index (χ3v) is 9.83. The Morgan fingerprint density at radius 1 is 0.667 bits per heavy atom. The summed E-state index contributed by atoms with van der Waals surface area (Å²) in [7, 11) is 0. The first-order valence-corrected chi connectivity index (χ1v) is 15.7. The third-order valence-electron chi connectivity index (χ3n) is 8.75. The molecule has 8 rings (SSSR count). The Bertz CT molecular complexity index is 2120. The predicted molar refractivity (Wildman–Crippen MR) is 182 cm³/mol. The van der Waals surface area contributed by atoms with Crippen LogP contribution in [0.25, 0.3) is 38.8 Å². The van der Waals surface area contributed by atoms with Crippen LogP contribution in [0.2, 0.25) is 0 Å². The quantitative estimate of drug-likeness (QED) is 0.153. The van der Waals surface area contributed by atoms with Gasteiger partial charge >= 0.3 is 5.97 Å². The van der Waals surface area contributed by atoms with Crippen LogP contribution in [0.1, 0.15) is 27.1 Å². The van der Waals surface area contributed by atoms with Crippen molar-refractivity contribution in [2.75, 3.05) is 4.90 Å². The van der Waals surface area contributed by atoms with Crippen molar-refractivity contribution in [2.45, 2.75) is 12.8 Å². The molecule has 2 aliphatic rings. The molecule has 0 atom stereocenters. The summed E-state index contributed by atoms with van der Waals surface area (Å²) in [6, 6.07) is 45.0. The van der Waals surface area contributed by atoms with E-state index >= 15 is 0 Å². The maximum absolute atomic E-state index is 11.3. The van der Waals surface area contributed by atoms with Gasteiger partial charge in [-0.3, -0.25) is 0 Å². The monoisotopic (exact) mass is 598 g/mol. The highest BCUT2D eigenvalue weighted by atomic mass is 32.1. The number of fused-ring (bicyclic) bond motifs is 6. The number of anilines is 3. The molecule has 5 heteroatoms. The molecule has 4 nitrogen and oxygen atoms in total. The third kappa shape index (κ3) is 4.73. The lowest BCUT2D eigenvalue weighted by Gasteiger charge is -2.27. The van der Waals surface area contributed by atoms with Crippen LogP contribution < -0.4 is 4.90 Å². The van der Waals surface area contributed by atoms with E-state index in [9.17, 15) is 9.90 Å². The van der Waals surface area contributed by atoms with E-state index in [0.29, 0.717) is 0 Å². The van der Waals surface area contributed by atoms with Crippen LogP contribution >= 0.6 is 11.3 Å². The van der Waals surface area contributed by atoms with Crippen LogP contribution in [-0.2, 0) is 17.6 Å². The van der Waals surface area contributed by atoms with Crippen LogP contribution in [0.4, 0.5) is 17.1 Å². The number of thiophene rings is 1. The first-order valence-electron chi connectivity index (χ1n) is 14.8. The van der Waals surface area contributed by atoms with Crippen molar-refractivity contribution in [2.24, 2.45) is 0 Å². The Kier molecular flexibility index (Phi) is 6.44. The molecule has 214 valence electrons. The van der Waals surface area contributed by atoms with E-state index in [2.05, 4.69) is 114 Å². The van der Waals surface area contributed by atoms with Gasteiger partial charge in [-0.15, -0.1) is 11.3 Å². The molecule has 0 radical (unpaired) electrons. The van der Waals surface area contributed by atoms with Gasteiger partial charge in [0.1, 0.15) is 11.6 Å². The van der Waals surface area contributed by atoms with E-state index in [1.165, 1.54) is 61.9 Å². The van der Waals surface area contributed by atoms with Gasteiger partial charge in [0.05, 0.1) is 0 Å². The van der Waals surface area contributed by atoms with E-state index in [-0.39, 0.29) is 5.57 Å². The molecule has 0 aliphatic heterocycles. The van der Waals surface area contributed by atoms with Crippen molar-refractivity contribution in [1.29, 1.82) is 5.26 Å². The number of aliphatic carboxylic acids is 1. The minimum atomic E-state index is -1.22. The standard InChI is InChI=1S/C40H26N2O2S/c41-24-30(40(43)44)23-34-15-18-39(45-34)25-9-11-31(12-10-25)42(32-13-16-37-28(21-32)19-26-5-1-3-7-35(26)37)33-14-17-38-29(22-33)20-27-6-2-4-8-36(27)38/h1-18,21-23H,19-20H2,(H,43,44)/b30-23+. The number of nitrogens with zero attached hydrogens (tertiary/aromatic N) is 2. The molecular weight excluding hydrogens is 573 g/mol. The molecule has 0 amide bonds. The number of hydrogen-bond donors (Lipinski definition) is 1. The lowest BCUT2D eigenvalue weighted by molar-refractivity contribution is -0.132. The summed E-state index contributed by atoms with van der Waals surface area (Å²) in [4.78, 5) is 15.4. The van der Waals surface area contributed by atoms with Gasteiger partial charge in [-0.1, -0.05) is 72.8 Å². The Morgan fingerprint density at radius 2 is 1.20 bits per heavy atom. The molecule has 0 spiro atoms. The highest BCUT2D eigenvalue weighted by Crippen LogP contribution is 2.45. The zero-order valence-corrected chi connectivity index (χ0v) is 25.0. The average molecular weight is 599 g/mol. The Labute approximate surface area is 265 Å². The summed E-state index contributed by atoms with van der Waals surface area (Å²) in [6.45, 7) is 0. The number of carbonyl (C=O) groups is 1. The predicted octanol–water partition coefficient (Wildman–Crippen LogP) is 10.0. The van der Waals surface area contributed by atoms with Crippen LogP contribution in [0.5, 0.6) is 0 Å². The SMILES string of the molecule is N#C/C(=C\c1ccc(-c2ccc(N(c3ccc4c(c3)Cc3ccccc3-4)c3ccc4c(c3)Cc3ccccc3-4)cc2)s1)C(=O)O. The molecule has 5 aromatic carbocycles. The smallest absolute Gasteiger partial charge is 0.346 e. The fourth-order valence-electron chi connectivity index (χ4n) is 6.63. The van der Waals surface area contributed by atoms with E-state index in [1.807, 2.05) is 12.1 Å². The molecule has 0 fully saturated rings. The highest BCUT2D eigenvalue weighted by molar-refractivity contribution is 7.16. The number of benzene rings is 5. The van der Waals surface area contributed by atoms with Gasteiger partial charge < -0.3 is 10.0 Å². The Balaban J connectivity index is 1.18. The summed E-state index contributed by atoms with van der Waals surface area (Å²) in [5.41, 5.74) is 14.7. The second kappa shape index (κ2) is 10.8. The lowest BCUT2D eigenvalue weighted by atomic mass is 10.0. The zero-order valence-electron chi connectivity index (χ0n) is 24.2. The first kappa shape index (κ1) is 26.9. The van der Waals surface area contributed by atoms with E-state index < -0.39 is 5.97 Å². The molecule has 0 unspecified atom stereocenters. The van der Waals surface area contributed by atoms with Crippen molar-refractivity contribution in [3.63, 3.8) is 0 Å². The van der Waals surface area contributed by atoms with E-state index in [0.717, 1.165) is 45.2 Å². The molecule has 2 aliphatic carbocycles. The van der Waals surface area contributed by atoms with Crippen molar-refractivity contribution in [3.05, 3.63) is 154 Å². The second-order valence-electron chi connectivity index (χ2n) is 11.4. The average Bonchev–Trinajstić information content (AvgIpc) is 3.79. The minimum absolute atomic E-state index is 0.274. The van der Waals surface area contributed by atoms with Gasteiger partial charge in [0, 0.05) is 26.8 Å². The summed E-state index contributed by atoms with van der Waals surface area (Å²) >= 11 is 1.46. The number of hydrogen-bond acceptors (Lipinski definition) is 4. The number of rotatable bonds is 6. The molecule has 0 bridgehead atoms. The minimum Gasteiger partial charge on any atom is -0.477 e. The number of carboxylic acids is 1. The maximum Gasteiger partial charge on any atom is 0.346 e. The summed E-state index contributed by atoms with van der Waals surface area (Å²) in [5.74, 6) is -1.22. The zero-order chi connectivity index (χ0) is 30.5. The number of carboxylic acid groups (broad SMARTS) is 1. The summed E-state index contributed by atoms with van der Waals surface area (Å²) < 4.78 is 0. The van der Waals surface area contributed by atoms with Crippen LogP contribution in [-0.4, -0.2) is 11.1 Å². The van der Waals surface area contributed by atoms with Gasteiger partial charge in [-0.2, -0.15) is 5.26 Å². The first-order chi connectivity index (χ1) is 22.1. The molecule has 0 saturated carbocycles.